The first kappa shape index (κ1) is 14.9. The highest BCUT2D eigenvalue weighted by molar-refractivity contribution is 7.11. The standard InChI is InChI=1S/C18H26N2S/c1-12(9-14-6-5-13(2)21-14)20-8-7-15-16(19)10-18(3,4)11-17(15)20/h5-8,12,16H,9-11,19H2,1-4H3. The molecular weight excluding hydrogens is 276 g/mol. The molecule has 3 heteroatoms. The van der Waals surface area contributed by atoms with E-state index >= 15 is 0 Å². The maximum Gasteiger partial charge on any atom is 0.0353 e. The molecule has 0 aliphatic heterocycles. The summed E-state index contributed by atoms with van der Waals surface area (Å²) < 4.78 is 2.46. The molecule has 0 saturated heterocycles. The normalized spacial score (nSPS) is 22.0. The van der Waals surface area contributed by atoms with Gasteiger partial charge in [0.05, 0.1) is 0 Å². The summed E-state index contributed by atoms with van der Waals surface area (Å²) in [5.74, 6) is 0. The van der Waals surface area contributed by atoms with Crippen molar-refractivity contribution in [1.82, 2.24) is 4.57 Å². The van der Waals surface area contributed by atoms with Gasteiger partial charge in [0.25, 0.3) is 0 Å². The van der Waals surface area contributed by atoms with Crippen molar-refractivity contribution in [2.75, 3.05) is 0 Å². The highest BCUT2D eigenvalue weighted by Gasteiger charge is 2.33. The van der Waals surface area contributed by atoms with Gasteiger partial charge in [0.15, 0.2) is 0 Å². The minimum atomic E-state index is 0.196. The van der Waals surface area contributed by atoms with E-state index in [1.54, 1.807) is 0 Å². The summed E-state index contributed by atoms with van der Waals surface area (Å²) in [6.07, 6.45) is 5.58. The first-order valence-corrected chi connectivity index (χ1v) is 8.68. The van der Waals surface area contributed by atoms with Crippen LogP contribution in [0.25, 0.3) is 0 Å². The molecule has 2 N–H and O–H groups in total. The highest BCUT2D eigenvalue weighted by Crippen LogP contribution is 2.41. The summed E-state index contributed by atoms with van der Waals surface area (Å²) in [7, 11) is 0. The second kappa shape index (κ2) is 5.29. The van der Waals surface area contributed by atoms with Gasteiger partial charge in [-0.1, -0.05) is 13.8 Å². The summed E-state index contributed by atoms with van der Waals surface area (Å²) >= 11 is 1.91. The Kier molecular flexibility index (Phi) is 3.74. The SMILES string of the molecule is Cc1ccc(CC(C)n2ccc3c2CC(C)(C)CC3N)s1. The summed E-state index contributed by atoms with van der Waals surface area (Å²) in [6, 6.07) is 7.42. The van der Waals surface area contributed by atoms with Crippen LogP contribution in [0.15, 0.2) is 24.4 Å². The molecule has 0 spiro atoms. The molecule has 21 heavy (non-hydrogen) atoms. The van der Waals surface area contributed by atoms with E-state index in [1.807, 2.05) is 11.3 Å². The maximum absolute atomic E-state index is 6.38. The predicted octanol–water partition coefficient (Wildman–Crippen LogP) is 4.63. The summed E-state index contributed by atoms with van der Waals surface area (Å²) in [6.45, 7) is 9.17. The van der Waals surface area contributed by atoms with E-state index in [9.17, 15) is 0 Å². The highest BCUT2D eigenvalue weighted by atomic mass is 32.1. The molecule has 3 rings (SSSR count). The zero-order valence-corrected chi connectivity index (χ0v) is 14.3. The minimum absolute atomic E-state index is 0.196. The molecule has 1 aliphatic rings. The second-order valence-electron chi connectivity index (χ2n) is 7.34. The average Bonchev–Trinajstić information content (AvgIpc) is 2.94. The molecule has 0 saturated carbocycles. The molecule has 0 aromatic carbocycles. The first-order chi connectivity index (χ1) is 9.85. The lowest BCUT2D eigenvalue weighted by Gasteiger charge is -2.35. The van der Waals surface area contributed by atoms with Crippen molar-refractivity contribution >= 4 is 11.3 Å². The van der Waals surface area contributed by atoms with Crippen molar-refractivity contribution in [2.45, 2.75) is 59.0 Å². The van der Waals surface area contributed by atoms with Gasteiger partial charge in [-0.25, -0.2) is 0 Å². The van der Waals surface area contributed by atoms with Gasteiger partial charge in [-0.05, 0) is 55.9 Å². The van der Waals surface area contributed by atoms with Crippen LogP contribution in [0.2, 0.25) is 0 Å². The molecule has 0 amide bonds. The van der Waals surface area contributed by atoms with Crippen molar-refractivity contribution in [3.05, 3.63) is 45.4 Å². The van der Waals surface area contributed by atoms with Crippen LogP contribution in [0.3, 0.4) is 0 Å². The van der Waals surface area contributed by atoms with Crippen LogP contribution in [0.4, 0.5) is 0 Å². The quantitative estimate of drug-likeness (QED) is 0.880. The fourth-order valence-electron chi connectivity index (χ4n) is 3.65. The lowest BCUT2D eigenvalue weighted by Crippen LogP contribution is -2.31. The summed E-state index contributed by atoms with van der Waals surface area (Å²) in [5.41, 5.74) is 9.51. The van der Waals surface area contributed by atoms with Gasteiger partial charge in [-0.3, -0.25) is 0 Å². The summed E-state index contributed by atoms with van der Waals surface area (Å²) in [5, 5.41) is 0. The molecule has 2 aromatic rings. The van der Waals surface area contributed by atoms with Crippen molar-refractivity contribution in [1.29, 1.82) is 0 Å². The van der Waals surface area contributed by atoms with Gasteiger partial charge >= 0.3 is 0 Å². The van der Waals surface area contributed by atoms with Crippen molar-refractivity contribution in [3.8, 4) is 0 Å². The lowest BCUT2D eigenvalue weighted by atomic mass is 9.74. The van der Waals surface area contributed by atoms with Crippen LogP contribution in [0.5, 0.6) is 0 Å². The average molecular weight is 302 g/mol. The molecule has 2 aromatic heterocycles. The maximum atomic E-state index is 6.38. The third-order valence-electron chi connectivity index (χ3n) is 4.65. The Balaban J connectivity index is 1.86. The first-order valence-electron chi connectivity index (χ1n) is 7.86. The van der Waals surface area contributed by atoms with E-state index in [4.69, 9.17) is 5.73 Å². The van der Waals surface area contributed by atoms with Gasteiger partial charge in [-0.2, -0.15) is 0 Å². The number of aryl methyl sites for hydroxylation is 1. The van der Waals surface area contributed by atoms with Crippen LogP contribution in [0, 0.1) is 12.3 Å². The Morgan fingerprint density at radius 3 is 2.81 bits per heavy atom. The molecule has 0 radical (unpaired) electrons. The minimum Gasteiger partial charge on any atom is -0.348 e. The third-order valence-corrected chi connectivity index (χ3v) is 5.67. The van der Waals surface area contributed by atoms with Gasteiger partial charge in [0.2, 0.25) is 0 Å². The smallest absolute Gasteiger partial charge is 0.0353 e. The Hall–Kier alpha value is -1.06. The van der Waals surface area contributed by atoms with Crippen molar-refractivity contribution in [2.24, 2.45) is 11.1 Å². The number of rotatable bonds is 3. The van der Waals surface area contributed by atoms with Crippen LogP contribution >= 0.6 is 11.3 Å². The van der Waals surface area contributed by atoms with Gasteiger partial charge in [0, 0.05) is 40.1 Å². The zero-order valence-electron chi connectivity index (χ0n) is 13.5. The number of hydrogen-bond donors (Lipinski definition) is 1. The number of thiophene rings is 1. The fourth-order valence-corrected chi connectivity index (χ4v) is 4.67. The van der Waals surface area contributed by atoms with Crippen LogP contribution in [0.1, 0.15) is 60.3 Å². The van der Waals surface area contributed by atoms with Crippen molar-refractivity contribution < 1.29 is 0 Å². The van der Waals surface area contributed by atoms with E-state index in [1.165, 1.54) is 21.0 Å². The third kappa shape index (κ3) is 2.95. The number of hydrogen-bond acceptors (Lipinski definition) is 2. The Morgan fingerprint density at radius 2 is 2.14 bits per heavy atom. The fraction of sp³-hybridized carbons (Fsp3) is 0.556. The van der Waals surface area contributed by atoms with Crippen LogP contribution in [-0.2, 0) is 12.8 Å². The lowest BCUT2D eigenvalue weighted by molar-refractivity contribution is 0.272. The molecule has 2 nitrogen and oxygen atoms in total. The summed E-state index contributed by atoms with van der Waals surface area (Å²) in [4.78, 5) is 2.87. The topological polar surface area (TPSA) is 30.9 Å². The van der Waals surface area contributed by atoms with E-state index < -0.39 is 0 Å². The molecule has 0 fully saturated rings. The molecular formula is C18H26N2S. The second-order valence-corrected chi connectivity index (χ2v) is 8.71. The van der Waals surface area contributed by atoms with Gasteiger partial charge < -0.3 is 10.3 Å². The number of aromatic nitrogens is 1. The number of nitrogens with two attached hydrogens (primary N) is 1. The largest absolute Gasteiger partial charge is 0.348 e. The zero-order chi connectivity index (χ0) is 15.2. The molecule has 2 heterocycles. The number of nitrogens with zero attached hydrogens (tertiary/aromatic N) is 1. The van der Waals surface area contributed by atoms with E-state index in [-0.39, 0.29) is 6.04 Å². The molecule has 0 bridgehead atoms. The van der Waals surface area contributed by atoms with E-state index in [0.29, 0.717) is 11.5 Å². The van der Waals surface area contributed by atoms with Gasteiger partial charge in [-0.15, -0.1) is 11.3 Å². The van der Waals surface area contributed by atoms with E-state index in [2.05, 4.69) is 56.7 Å². The monoisotopic (exact) mass is 302 g/mol. The van der Waals surface area contributed by atoms with Gasteiger partial charge in [0.1, 0.15) is 0 Å². The number of fused-ring (bicyclic) bond motifs is 1. The molecule has 114 valence electrons. The molecule has 1 aliphatic carbocycles. The Bertz CT molecular complexity index is 635. The molecule has 2 atom stereocenters. The van der Waals surface area contributed by atoms with Crippen LogP contribution in [-0.4, -0.2) is 4.57 Å². The van der Waals surface area contributed by atoms with E-state index in [0.717, 1.165) is 19.3 Å². The predicted molar refractivity (Wildman–Crippen MR) is 90.9 cm³/mol. The van der Waals surface area contributed by atoms with Crippen LogP contribution < -0.4 is 5.73 Å². The Labute approximate surface area is 132 Å². The Morgan fingerprint density at radius 1 is 1.38 bits per heavy atom. The van der Waals surface area contributed by atoms with Crippen molar-refractivity contribution in [3.63, 3.8) is 0 Å². The molecule has 2 unspecified atom stereocenters.